The molecule has 1 aliphatic rings. The Hall–Kier alpha value is -1.85. The van der Waals surface area contributed by atoms with Crippen LogP contribution < -0.4 is 0 Å². The maximum Gasteiger partial charge on any atom is 0.255 e. The Kier molecular flexibility index (Phi) is 5.15. The standard InChI is InChI=1S/C15H17N3OS/c16-7-3-9-18(10-4-8-17)15(19)13-11-20-14-6-2-1-5-12(13)14/h11H,1-6,9-10H2. The van der Waals surface area contributed by atoms with Crippen LogP contribution in [0, 0.1) is 22.7 Å². The molecule has 0 atom stereocenters. The van der Waals surface area contributed by atoms with Crippen molar-refractivity contribution in [3.05, 3.63) is 21.4 Å². The molecule has 2 rings (SSSR count). The number of nitriles is 2. The van der Waals surface area contributed by atoms with Crippen LogP contribution in [-0.4, -0.2) is 23.9 Å². The predicted octanol–water partition coefficient (Wildman–Crippen LogP) is 2.90. The third kappa shape index (κ3) is 3.18. The number of thiophene rings is 1. The highest BCUT2D eigenvalue weighted by atomic mass is 32.1. The molecular formula is C15H17N3OS. The van der Waals surface area contributed by atoms with Crippen molar-refractivity contribution in [3.63, 3.8) is 0 Å². The highest BCUT2D eigenvalue weighted by Gasteiger charge is 2.23. The summed E-state index contributed by atoms with van der Waals surface area (Å²) >= 11 is 1.67. The van der Waals surface area contributed by atoms with Gasteiger partial charge in [0.25, 0.3) is 5.91 Å². The Morgan fingerprint density at radius 1 is 1.20 bits per heavy atom. The van der Waals surface area contributed by atoms with Crippen LogP contribution in [-0.2, 0) is 12.8 Å². The molecule has 0 saturated heterocycles. The lowest BCUT2D eigenvalue weighted by Crippen LogP contribution is -2.33. The first-order valence-corrected chi connectivity index (χ1v) is 7.78. The zero-order chi connectivity index (χ0) is 14.4. The molecule has 4 nitrogen and oxygen atoms in total. The third-order valence-corrected chi connectivity index (χ3v) is 4.65. The van der Waals surface area contributed by atoms with Gasteiger partial charge in [0.1, 0.15) is 0 Å². The van der Waals surface area contributed by atoms with Crippen molar-refractivity contribution in [2.75, 3.05) is 13.1 Å². The summed E-state index contributed by atoms with van der Waals surface area (Å²) in [6.07, 6.45) is 5.01. The average molecular weight is 287 g/mol. The van der Waals surface area contributed by atoms with E-state index in [1.165, 1.54) is 16.9 Å². The minimum atomic E-state index is -0.0186. The molecule has 0 fully saturated rings. The summed E-state index contributed by atoms with van der Waals surface area (Å²) < 4.78 is 0. The van der Waals surface area contributed by atoms with Crippen LogP contribution in [0.3, 0.4) is 0 Å². The Balaban J connectivity index is 2.16. The van der Waals surface area contributed by atoms with Crippen LogP contribution in [0.4, 0.5) is 0 Å². The quantitative estimate of drug-likeness (QED) is 0.836. The smallest absolute Gasteiger partial charge is 0.255 e. The van der Waals surface area contributed by atoms with Gasteiger partial charge in [-0.2, -0.15) is 10.5 Å². The molecule has 0 aliphatic heterocycles. The lowest BCUT2D eigenvalue weighted by molar-refractivity contribution is 0.0761. The van der Waals surface area contributed by atoms with E-state index >= 15 is 0 Å². The lowest BCUT2D eigenvalue weighted by atomic mass is 9.95. The molecule has 0 saturated carbocycles. The van der Waals surface area contributed by atoms with Gasteiger partial charge in [-0.25, -0.2) is 0 Å². The molecule has 0 aromatic carbocycles. The normalized spacial score (nSPS) is 13.1. The minimum absolute atomic E-state index is 0.0186. The Bertz CT molecular complexity index is 547. The van der Waals surface area contributed by atoms with Gasteiger partial charge in [-0.05, 0) is 31.2 Å². The molecule has 20 heavy (non-hydrogen) atoms. The number of fused-ring (bicyclic) bond motifs is 1. The van der Waals surface area contributed by atoms with Gasteiger partial charge in [-0.3, -0.25) is 4.79 Å². The summed E-state index contributed by atoms with van der Waals surface area (Å²) in [5.74, 6) is -0.0186. The van der Waals surface area contributed by atoms with E-state index in [2.05, 4.69) is 12.1 Å². The highest BCUT2D eigenvalue weighted by Crippen LogP contribution is 2.31. The average Bonchev–Trinajstić information content (AvgIpc) is 2.91. The van der Waals surface area contributed by atoms with Crippen molar-refractivity contribution in [3.8, 4) is 12.1 Å². The fraction of sp³-hybridized carbons (Fsp3) is 0.533. The number of aryl methyl sites for hydroxylation is 1. The van der Waals surface area contributed by atoms with E-state index in [1.54, 1.807) is 16.2 Å². The van der Waals surface area contributed by atoms with Gasteiger partial charge in [-0.15, -0.1) is 11.3 Å². The summed E-state index contributed by atoms with van der Waals surface area (Å²) in [5, 5.41) is 19.3. The molecule has 0 radical (unpaired) electrons. The fourth-order valence-corrected chi connectivity index (χ4v) is 3.65. The SMILES string of the molecule is N#CCCN(CCC#N)C(=O)c1csc2c1CCCC2. The topological polar surface area (TPSA) is 67.9 Å². The van der Waals surface area contributed by atoms with E-state index in [0.29, 0.717) is 25.9 Å². The number of carbonyl (C=O) groups excluding carboxylic acids is 1. The summed E-state index contributed by atoms with van der Waals surface area (Å²) in [4.78, 5) is 15.6. The highest BCUT2D eigenvalue weighted by molar-refractivity contribution is 7.10. The lowest BCUT2D eigenvalue weighted by Gasteiger charge is -2.21. The second-order valence-electron chi connectivity index (χ2n) is 4.87. The largest absolute Gasteiger partial charge is 0.337 e. The summed E-state index contributed by atoms with van der Waals surface area (Å²) in [7, 11) is 0. The summed E-state index contributed by atoms with van der Waals surface area (Å²) in [6, 6.07) is 4.13. The zero-order valence-corrected chi connectivity index (χ0v) is 12.2. The van der Waals surface area contributed by atoms with Gasteiger partial charge in [0.15, 0.2) is 0 Å². The van der Waals surface area contributed by atoms with Crippen LogP contribution in [0.2, 0.25) is 0 Å². The number of rotatable bonds is 5. The molecule has 0 N–H and O–H groups in total. The predicted molar refractivity (Wildman–Crippen MR) is 77.3 cm³/mol. The Morgan fingerprint density at radius 2 is 1.85 bits per heavy atom. The third-order valence-electron chi connectivity index (χ3n) is 3.57. The second kappa shape index (κ2) is 7.07. The summed E-state index contributed by atoms with van der Waals surface area (Å²) in [5.41, 5.74) is 1.99. The molecule has 1 heterocycles. The van der Waals surface area contributed by atoms with Crippen LogP contribution in [0.5, 0.6) is 0 Å². The molecule has 0 bridgehead atoms. The maximum absolute atomic E-state index is 12.6. The Morgan fingerprint density at radius 3 is 2.50 bits per heavy atom. The van der Waals surface area contributed by atoms with E-state index in [0.717, 1.165) is 24.8 Å². The van der Waals surface area contributed by atoms with Crippen molar-refractivity contribution < 1.29 is 4.79 Å². The van der Waals surface area contributed by atoms with Gasteiger partial charge in [0, 0.05) is 23.3 Å². The molecule has 1 aliphatic carbocycles. The number of nitrogens with zero attached hydrogens (tertiary/aromatic N) is 3. The molecule has 104 valence electrons. The first kappa shape index (κ1) is 14.6. The molecule has 1 amide bonds. The monoisotopic (exact) mass is 287 g/mol. The van der Waals surface area contributed by atoms with Gasteiger partial charge >= 0.3 is 0 Å². The molecule has 5 heteroatoms. The molecular weight excluding hydrogens is 270 g/mol. The number of carbonyl (C=O) groups is 1. The van der Waals surface area contributed by atoms with Crippen LogP contribution >= 0.6 is 11.3 Å². The molecule has 1 aromatic heterocycles. The van der Waals surface area contributed by atoms with Crippen molar-refractivity contribution in [2.24, 2.45) is 0 Å². The van der Waals surface area contributed by atoms with Crippen molar-refractivity contribution in [1.82, 2.24) is 4.90 Å². The van der Waals surface area contributed by atoms with Crippen molar-refractivity contribution in [1.29, 1.82) is 10.5 Å². The second-order valence-corrected chi connectivity index (χ2v) is 5.83. The van der Waals surface area contributed by atoms with E-state index < -0.39 is 0 Å². The zero-order valence-electron chi connectivity index (χ0n) is 11.4. The van der Waals surface area contributed by atoms with E-state index in [9.17, 15) is 4.79 Å². The van der Waals surface area contributed by atoms with Gasteiger partial charge in [-0.1, -0.05) is 0 Å². The first-order chi connectivity index (χ1) is 9.77. The summed E-state index contributed by atoms with van der Waals surface area (Å²) in [6.45, 7) is 0.809. The Labute approximate surface area is 123 Å². The first-order valence-electron chi connectivity index (χ1n) is 6.90. The minimum Gasteiger partial charge on any atom is -0.337 e. The van der Waals surface area contributed by atoms with Crippen molar-refractivity contribution in [2.45, 2.75) is 38.5 Å². The number of hydrogen-bond acceptors (Lipinski definition) is 4. The van der Waals surface area contributed by atoms with E-state index in [1.807, 2.05) is 5.38 Å². The van der Waals surface area contributed by atoms with Gasteiger partial charge in [0.05, 0.1) is 30.5 Å². The number of hydrogen-bond donors (Lipinski definition) is 0. The van der Waals surface area contributed by atoms with E-state index in [-0.39, 0.29) is 5.91 Å². The van der Waals surface area contributed by atoms with Crippen LogP contribution in [0.1, 0.15) is 46.5 Å². The molecule has 1 aromatic rings. The van der Waals surface area contributed by atoms with Crippen LogP contribution in [0.25, 0.3) is 0 Å². The van der Waals surface area contributed by atoms with Gasteiger partial charge < -0.3 is 4.90 Å². The van der Waals surface area contributed by atoms with E-state index in [4.69, 9.17) is 10.5 Å². The molecule has 0 spiro atoms. The van der Waals surface area contributed by atoms with Crippen LogP contribution in [0.15, 0.2) is 5.38 Å². The van der Waals surface area contributed by atoms with Crippen molar-refractivity contribution >= 4 is 17.2 Å². The number of amides is 1. The maximum atomic E-state index is 12.6. The fourth-order valence-electron chi connectivity index (χ4n) is 2.53. The van der Waals surface area contributed by atoms with Gasteiger partial charge in [0.2, 0.25) is 0 Å². The molecule has 0 unspecified atom stereocenters.